The number of likely N-dealkylation sites (tertiary alicyclic amines) is 2. The number of rotatable bonds is 7. The fourth-order valence-corrected chi connectivity index (χ4v) is 4.69. The number of hydrogen-bond donors (Lipinski definition) is 1. The lowest BCUT2D eigenvalue weighted by molar-refractivity contribution is -0.134. The summed E-state index contributed by atoms with van der Waals surface area (Å²) in [7, 11) is 1.63. The molecule has 166 valence electrons. The summed E-state index contributed by atoms with van der Waals surface area (Å²) in [6.07, 6.45) is 5.13. The minimum atomic E-state index is -0.315. The molecule has 6 nitrogen and oxygen atoms in total. The lowest BCUT2D eigenvalue weighted by Crippen LogP contribution is -2.46. The van der Waals surface area contributed by atoms with Crippen LogP contribution in [0.15, 0.2) is 24.3 Å². The number of carbonyl (C=O) groups excluding carboxylic acids is 2. The van der Waals surface area contributed by atoms with Gasteiger partial charge in [0.05, 0.1) is 19.6 Å². The first kappa shape index (κ1) is 22.6. The van der Waals surface area contributed by atoms with Gasteiger partial charge in [-0.15, -0.1) is 0 Å². The van der Waals surface area contributed by atoms with Gasteiger partial charge in [0.1, 0.15) is 5.75 Å². The van der Waals surface area contributed by atoms with Gasteiger partial charge in [-0.3, -0.25) is 9.59 Å². The van der Waals surface area contributed by atoms with E-state index in [9.17, 15) is 9.59 Å². The van der Waals surface area contributed by atoms with Crippen LogP contribution in [0.2, 0.25) is 0 Å². The van der Waals surface area contributed by atoms with Gasteiger partial charge >= 0.3 is 0 Å². The summed E-state index contributed by atoms with van der Waals surface area (Å²) in [5.41, 5.74) is 0.926. The van der Waals surface area contributed by atoms with Crippen LogP contribution in [-0.2, 0) is 9.59 Å². The standard InChI is InChI=1S/C24H37N3O3/c1-18-10-13-26(14-11-18)16-20-5-4-12-27(17-20)24(29)15-23(25-19(2)28)21-6-8-22(30-3)9-7-21/h6-9,18,20,23H,4-5,10-17H2,1-3H3,(H,25,28). The smallest absolute Gasteiger partial charge is 0.224 e. The maximum Gasteiger partial charge on any atom is 0.224 e. The highest BCUT2D eigenvalue weighted by Crippen LogP contribution is 2.25. The molecule has 2 saturated heterocycles. The van der Waals surface area contributed by atoms with E-state index in [-0.39, 0.29) is 17.9 Å². The third-order valence-electron chi connectivity index (χ3n) is 6.54. The van der Waals surface area contributed by atoms with Gasteiger partial charge in [0.15, 0.2) is 0 Å². The molecule has 2 atom stereocenters. The number of hydrogen-bond acceptors (Lipinski definition) is 4. The van der Waals surface area contributed by atoms with Gasteiger partial charge in [-0.1, -0.05) is 19.1 Å². The molecule has 2 aliphatic rings. The van der Waals surface area contributed by atoms with Crippen molar-refractivity contribution >= 4 is 11.8 Å². The summed E-state index contributed by atoms with van der Waals surface area (Å²) >= 11 is 0. The second-order valence-electron chi connectivity index (χ2n) is 9.06. The number of piperidine rings is 2. The fourth-order valence-electron chi connectivity index (χ4n) is 4.69. The predicted molar refractivity (Wildman–Crippen MR) is 118 cm³/mol. The van der Waals surface area contributed by atoms with Crippen molar-refractivity contribution in [3.63, 3.8) is 0 Å². The Morgan fingerprint density at radius 1 is 1.13 bits per heavy atom. The molecule has 2 amide bonds. The number of carbonyl (C=O) groups is 2. The third kappa shape index (κ3) is 6.46. The summed E-state index contributed by atoms with van der Waals surface area (Å²) < 4.78 is 5.22. The largest absolute Gasteiger partial charge is 0.497 e. The van der Waals surface area contributed by atoms with Crippen molar-refractivity contribution in [3.8, 4) is 5.75 Å². The van der Waals surface area contributed by atoms with Crippen molar-refractivity contribution in [2.75, 3.05) is 39.8 Å². The summed E-state index contributed by atoms with van der Waals surface area (Å²) in [5.74, 6) is 2.16. The number of amides is 2. The molecule has 0 aromatic heterocycles. The lowest BCUT2D eigenvalue weighted by Gasteiger charge is -2.38. The Bertz CT molecular complexity index is 698. The van der Waals surface area contributed by atoms with Crippen LogP contribution in [0.1, 0.15) is 57.6 Å². The zero-order valence-electron chi connectivity index (χ0n) is 18.7. The third-order valence-corrected chi connectivity index (χ3v) is 6.54. The van der Waals surface area contributed by atoms with E-state index in [1.54, 1.807) is 7.11 Å². The zero-order valence-corrected chi connectivity index (χ0v) is 18.7. The van der Waals surface area contributed by atoms with Crippen LogP contribution < -0.4 is 10.1 Å². The van der Waals surface area contributed by atoms with Crippen LogP contribution in [0.3, 0.4) is 0 Å². The number of nitrogens with zero attached hydrogens (tertiary/aromatic N) is 2. The average Bonchev–Trinajstić information content (AvgIpc) is 2.75. The van der Waals surface area contributed by atoms with Gasteiger partial charge in [-0.25, -0.2) is 0 Å². The molecule has 2 aliphatic heterocycles. The topological polar surface area (TPSA) is 61.9 Å². The fraction of sp³-hybridized carbons (Fsp3) is 0.667. The van der Waals surface area contributed by atoms with Gasteiger partial charge in [0.2, 0.25) is 11.8 Å². The van der Waals surface area contributed by atoms with Gasteiger partial charge in [-0.2, -0.15) is 0 Å². The predicted octanol–water partition coefficient (Wildman–Crippen LogP) is 3.23. The molecule has 1 aromatic rings. The molecule has 0 saturated carbocycles. The second kappa shape index (κ2) is 10.8. The molecule has 2 heterocycles. The van der Waals surface area contributed by atoms with Crippen LogP contribution in [-0.4, -0.2) is 61.4 Å². The molecule has 2 fully saturated rings. The number of nitrogens with one attached hydrogen (secondary N) is 1. The molecule has 0 bridgehead atoms. The Balaban J connectivity index is 1.57. The van der Waals surface area contributed by atoms with E-state index in [2.05, 4.69) is 17.1 Å². The summed E-state index contributed by atoms with van der Waals surface area (Å²) in [4.78, 5) is 29.4. The van der Waals surface area contributed by atoms with Crippen LogP contribution in [0, 0.1) is 11.8 Å². The molecule has 30 heavy (non-hydrogen) atoms. The molecule has 3 rings (SSSR count). The molecular weight excluding hydrogens is 378 g/mol. The highest BCUT2D eigenvalue weighted by Gasteiger charge is 2.28. The van der Waals surface area contributed by atoms with E-state index in [0.29, 0.717) is 12.3 Å². The normalized spacial score (nSPS) is 21.8. The summed E-state index contributed by atoms with van der Waals surface area (Å²) in [6, 6.07) is 7.26. The second-order valence-corrected chi connectivity index (χ2v) is 9.06. The molecule has 6 heteroatoms. The van der Waals surface area contributed by atoms with E-state index >= 15 is 0 Å². The Kier molecular flexibility index (Phi) is 8.14. The first-order chi connectivity index (χ1) is 14.4. The van der Waals surface area contributed by atoms with Crippen molar-refractivity contribution in [1.29, 1.82) is 0 Å². The SMILES string of the molecule is COc1ccc(C(CC(=O)N2CCCC(CN3CCC(C)CC3)C2)NC(C)=O)cc1. The number of methoxy groups -OCH3 is 1. The monoisotopic (exact) mass is 415 g/mol. The van der Waals surface area contributed by atoms with Gasteiger partial charge < -0.3 is 19.9 Å². The quantitative estimate of drug-likeness (QED) is 0.743. The maximum atomic E-state index is 13.1. The van der Waals surface area contributed by atoms with Crippen LogP contribution in [0.25, 0.3) is 0 Å². The minimum Gasteiger partial charge on any atom is -0.497 e. The highest BCUT2D eigenvalue weighted by atomic mass is 16.5. The molecule has 2 unspecified atom stereocenters. The van der Waals surface area contributed by atoms with Gasteiger partial charge in [0.25, 0.3) is 0 Å². The van der Waals surface area contributed by atoms with E-state index in [1.165, 1.54) is 39.3 Å². The number of benzene rings is 1. The van der Waals surface area contributed by atoms with Crippen LogP contribution >= 0.6 is 0 Å². The molecule has 1 N–H and O–H groups in total. The van der Waals surface area contributed by atoms with Crippen molar-refractivity contribution in [1.82, 2.24) is 15.1 Å². The maximum absolute atomic E-state index is 13.1. The van der Waals surface area contributed by atoms with Crippen molar-refractivity contribution < 1.29 is 14.3 Å². The Morgan fingerprint density at radius 3 is 2.47 bits per heavy atom. The zero-order chi connectivity index (χ0) is 21.5. The average molecular weight is 416 g/mol. The molecule has 0 aliphatic carbocycles. The van der Waals surface area contributed by atoms with E-state index in [0.717, 1.165) is 43.3 Å². The van der Waals surface area contributed by atoms with Crippen molar-refractivity contribution in [3.05, 3.63) is 29.8 Å². The number of ether oxygens (including phenoxy) is 1. The highest BCUT2D eigenvalue weighted by molar-refractivity contribution is 5.79. The molecular formula is C24H37N3O3. The molecule has 0 radical (unpaired) electrons. The van der Waals surface area contributed by atoms with E-state index in [4.69, 9.17) is 4.74 Å². The van der Waals surface area contributed by atoms with Crippen molar-refractivity contribution in [2.45, 2.75) is 52.0 Å². The van der Waals surface area contributed by atoms with Crippen molar-refractivity contribution in [2.24, 2.45) is 11.8 Å². The Morgan fingerprint density at radius 2 is 1.83 bits per heavy atom. The summed E-state index contributed by atoms with van der Waals surface area (Å²) in [5, 5.41) is 2.95. The van der Waals surface area contributed by atoms with Gasteiger partial charge in [-0.05, 0) is 68.3 Å². The van der Waals surface area contributed by atoms with Crippen LogP contribution in [0.5, 0.6) is 5.75 Å². The van der Waals surface area contributed by atoms with E-state index in [1.807, 2.05) is 29.2 Å². The molecule has 1 aromatic carbocycles. The summed E-state index contributed by atoms with van der Waals surface area (Å²) in [6.45, 7) is 8.97. The molecule has 0 spiro atoms. The van der Waals surface area contributed by atoms with Gasteiger partial charge in [0, 0.05) is 26.6 Å². The first-order valence-corrected chi connectivity index (χ1v) is 11.4. The van der Waals surface area contributed by atoms with Crippen LogP contribution in [0.4, 0.5) is 0 Å². The Labute approximate surface area is 180 Å². The Hall–Kier alpha value is -2.08. The first-order valence-electron chi connectivity index (χ1n) is 11.4. The lowest BCUT2D eigenvalue weighted by atomic mass is 9.93. The van der Waals surface area contributed by atoms with E-state index < -0.39 is 0 Å². The minimum absolute atomic E-state index is 0.125.